The lowest BCUT2D eigenvalue weighted by molar-refractivity contribution is -0.130. The highest BCUT2D eigenvalue weighted by atomic mass is 32.2. The number of carbonyl (C=O) groups is 1. The van der Waals surface area contributed by atoms with Crippen LogP contribution in [0.25, 0.3) is 0 Å². The Bertz CT molecular complexity index is 1060. The van der Waals surface area contributed by atoms with Crippen molar-refractivity contribution in [1.82, 2.24) is 9.88 Å². The molecule has 1 aliphatic heterocycles. The van der Waals surface area contributed by atoms with Crippen molar-refractivity contribution in [3.05, 3.63) is 40.9 Å². The van der Waals surface area contributed by atoms with Gasteiger partial charge in [0.15, 0.2) is 15.0 Å². The van der Waals surface area contributed by atoms with E-state index in [1.807, 2.05) is 0 Å². The summed E-state index contributed by atoms with van der Waals surface area (Å²) in [7, 11) is -6.81. The third-order valence-corrected chi connectivity index (χ3v) is 8.47. The molecule has 0 atom stereocenters. The van der Waals surface area contributed by atoms with Crippen molar-refractivity contribution in [3.63, 3.8) is 0 Å². The fraction of sp³-hybridized carbons (Fsp3) is 0.444. The summed E-state index contributed by atoms with van der Waals surface area (Å²) in [5.74, 6) is -0.276. The molecule has 0 unspecified atom stereocenters. The number of benzene rings is 1. The van der Waals surface area contributed by atoms with Crippen molar-refractivity contribution in [1.29, 1.82) is 0 Å². The van der Waals surface area contributed by atoms with E-state index < -0.39 is 19.9 Å². The number of aryl methyl sites for hydroxylation is 1. The molecule has 3 rings (SSSR count). The van der Waals surface area contributed by atoms with Crippen LogP contribution in [-0.2, 0) is 37.5 Å². The van der Waals surface area contributed by atoms with E-state index in [9.17, 15) is 21.6 Å². The van der Waals surface area contributed by atoms with Crippen LogP contribution in [-0.4, -0.2) is 57.2 Å². The largest absolute Gasteiger partial charge is 0.340 e. The molecule has 0 aliphatic carbocycles. The maximum atomic E-state index is 12.5. The summed E-state index contributed by atoms with van der Waals surface area (Å²) in [5, 5.41) is 1.81. The molecule has 1 aromatic carbocycles. The Morgan fingerprint density at radius 1 is 1.21 bits per heavy atom. The first-order valence-electron chi connectivity index (χ1n) is 9.23. The van der Waals surface area contributed by atoms with Gasteiger partial charge in [0, 0.05) is 18.5 Å². The zero-order chi connectivity index (χ0) is 21.1. The van der Waals surface area contributed by atoms with Crippen LogP contribution in [0.2, 0.25) is 0 Å². The van der Waals surface area contributed by atoms with Crippen LogP contribution >= 0.6 is 11.3 Å². The molecule has 2 heterocycles. The smallest absolute Gasteiger partial charge is 0.263 e. The SMILES string of the molecule is CCCc1ccc(S(=O)(=O)Nc2nc(CC(=O)N3CCS(=O)(=O)CC3)cs2)cc1. The van der Waals surface area contributed by atoms with Gasteiger partial charge in [0.1, 0.15) is 0 Å². The Morgan fingerprint density at radius 3 is 2.48 bits per heavy atom. The quantitative estimate of drug-likeness (QED) is 0.677. The van der Waals surface area contributed by atoms with Crippen LogP contribution < -0.4 is 4.72 Å². The first-order chi connectivity index (χ1) is 13.7. The molecule has 1 aliphatic rings. The Kier molecular flexibility index (Phi) is 6.59. The van der Waals surface area contributed by atoms with E-state index in [2.05, 4.69) is 16.6 Å². The van der Waals surface area contributed by atoms with E-state index in [4.69, 9.17) is 0 Å². The zero-order valence-corrected chi connectivity index (χ0v) is 18.4. The van der Waals surface area contributed by atoms with Crippen LogP contribution in [0.15, 0.2) is 34.5 Å². The third kappa shape index (κ3) is 5.77. The molecule has 0 spiro atoms. The maximum Gasteiger partial charge on any atom is 0.263 e. The molecule has 8 nitrogen and oxygen atoms in total. The molecule has 1 aromatic heterocycles. The van der Waals surface area contributed by atoms with Crippen molar-refractivity contribution in [2.24, 2.45) is 0 Å². The topological polar surface area (TPSA) is 114 Å². The van der Waals surface area contributed by atoms with Crippen molar-refractivity contribution < 1.29 is 21.6 Å². The van der Waals surface area contributed by atoms with E-state index >= 15 is 0 Å². The van der Waals surface area contributed by atoms with Gasteiger partial charge >= 0.3 is 0 Å². The summed E-state index contributed by atoms with van der Waals surface area (Å²) < 4.78 is 50.4. The lowest BCUT2D eigenvalue weighted by atomic mass is 10.1. The number of hydrogen-bond acceptors (Lipinski definition) is 7. The van der Waals surface area contributed by atoms with Crippen LogP contribution in [0, 0.1) is 0 Å². The number of nitrogens with one attached hydrogen (secondary N) is 1. The summed E-state index contributed by atoms with van der Waals surface area (Å²) in [6.45, 7) is 2.42. The number of carbonyl (C=O) groups excluding carboxylic acids is 1. The van der Waals surface area contributed by atoms with Crippen molar-refractivity contribution in [2.75, 3.05) is 29.3 Å². The number of anilines is 1. The van der Waals surface area contributed by atoms with Crippen molar-refractivity contribution in [3.8, 4) is 0 Å². The molecule has 1 fully saturated rings. The van der Waals surface area contributed by atoms with Crippen LogP contribution in [0.3, 0.4) is 0 Å². The average Bonchev–Trinajstić information content (AvgIpc) is 3.08. The summed E-state index contributed by atoms with van der Waals surface area (Å²) in [6, 6.07) is 6.72. The van der Waals surface area contributed by atoms with E-state index in [0.717, 1.165) is 29.7 Å². The molecule has 11 heteroatoms. The third-order valence-electron chi connectivity index (χ3n) is 4.58. The normalized spacial score (nSPS) is 16.5. The number of sulfone groups is 1. The number of rotatable bonds is 7. The maximum absolute atomic E-state index is 12.5. The highest BCUT2D eigenvalue weighted by Gasteiger charge is 2.25. The van der Waals surface area contributed by atoms with Gasteiger partial charge in [0.2, 0.25) is 5.91 Å². The number of hydrogen-bond donors (Lipinski definition) is 1. The predicted octanol–water partition coefficient (Wildman–Crippen LogP) is 1.70. The fourth-order valence-electron chi connectivity index (χ4n) is 2.96. The molecule has 0 bridgehead atoms. The summed E-state index contributed by atoms with van der Waals surface area (Å²) in [4.78, 5) is 18.2. The molecule has 2 aromatic rings. The number of sulfonamides is 1. The molecule has 1 N–H and O–H groups in total. The number of thiazole rings is 1. The highest BCUT2D eigenvalue weighted by Crippen LogP contribution is 2.21. The van der Waals surface area contributed by atoms with Gasteiger partial charge < -0.3 is 4.90 Å². The Hall–Kier alpha value is -1.98. The Morgan fingerprint density at radius 2 is 1.86 bits per heavy atom. The lowest BCUT2D eigenvalue weighted by Gasteiger charge is -2.26. The molecule has 158 valence electrons. The van der Waals surface area contributed by atoms with Gasteiger partial charge in [-0.2, -0.15) is 0 Å². The molecule has 1 saturated heterocycles. The zero-order valence-electron chi connectivity index (χ0n) is 16.0. The van der Waals surface area contributed by atoms with Crippen LogP contribution in [0.1, 0.15) is 24.6 Å². The molecule has 29 heavy (non-hydrogen) atoms. The Labute approximate surface area is 174 Å². The minimum atomic E-state index is -3.76. The average molecular weight is 458 g/mol. The van der Waals surface area contributed by atoms with Gasteiger partial charge in [-0.15, -0.1) is 11.3 Å². The minimum absolute atomic E-state index is 0.00396. The van der Waals surface area contributed by atoms with Crippen LogP contribution in [0.5, 0.6) is 0 Å². The van der Waals surface area contributed by atoms with Crippen molar-refractivity contribution in [2.45, 2.75) is 31.1 Å². The lowest BCUT2D eigenvalue weighted by Crippen LogP contribution is -2.44. The first kappa shape index (κ1) is 21.7. The predicted molar refractivity (Wildman–Crippen MR) is 112 cm³/mol. The standard InChI is InChI=1S/C18H23N3O5S3/c1-2-3-14-4-6-16(7-5-14)29(25,26)20-18-19-15(13-27-18)12-17(22)21-8-10-28(23,24)11-9-21/h4-7,13H,2-3,8-12H2,1H3,(H,19,20). The minimum Gasteiger partial charge on any atom is -0.340 e. The van der Waals surface area contributed by atoms with E-state index in [-0.39, 0.29) is 47.0 Å². The number of aromatic nitrogens is 1. The van der Waals surface area contributed by atoms with Gasteiger partial charge in [-0.1, -0.05) is 25.5 Å². The molecule has 0 saturated carbocycles. The first-order valence-corrected chi connectivity index (χ1v) is 13.4. The van der Waals surface area contributed by atoms with E-state index in [0.29, 0.717) is 5.69 Å². The Balaban J connectivity index is 1.61. The van der Waals surface area contributed by atoms with Crippen LogP contribution in [0.4, 0.5) is 5.13 Å². The van der Waals surface area contributed by atoms with Crippen molar-refractivity contribution >= 4 is 42.2 Å². The summed E-state index contributed by atoms with van der Waals surface area (Å²) in [6.07, 6.45) is 1.88. The number of nitrogens with zero attached hydrogens (tertiary/aromatic N) is 2. The molecule has 1 amide bonds. The fourth-order valence-corrected chi connectivity index (χ4v) is 6.13. The van der Waals surface area contributed by atoms with Gasteiger partial charge in [-0.05, 0) is 24.1 Å². The van der Waals surface area contributed by atoms with E-state index in [1.165, 1.54) is 4.90 Å². The van der Waals surface area contributed by atoms with E-state index in [1.54, 1.807) is 29.6 Å². The highest BCUT2D eigenvalue weighted by molar-refractivity contribution is 7.93. The molecular weight excluding hydrogens is 434 g/mol. The summed E-state index contributed by atoms with van der Waals surface area (Å²) >= 11 is 1.10. The van der Waals surface area contributed by atoms with Gasteiger partial charge in [0.25, 0.3) is 10.0 Å². The summed E-state index contributed by atoms with van der Waals surface area (Å²) in [5.41, 5.74) is 1.52. The van der Waals surface area contributed by atoms with Gasteiger partial charge in [-0.3, -0.25) is 9.52 Å². The van der Waals surface area contributed by atoms with Gasteiger partial charge in [-0.25, -0.2) is 21.8 Å². The van der Waals surface area contributed by atoms with Gasteiger partial charge in [0.05, 0.1) is 28.5 Å². The second-order valence-electron chi connectivity index (χ2n) is 6.85. The second kappa shape index (κ2) is 8.80. The number of amides is 1. The second-order valence-corrected chi connectivity index (χ2v) is 11.7. The molecule has 0 radical (unpaired) electrons. The molecular formula is C18H23N3O5S3. The monoisotopic (exact) mass is 457 g/mol.